The Hall–Kier alpha value is -2.29. The average Bonchev–Trinajstić information content (AvgIpc) is 3.19. The summed E-state index contributed by atoms with van der Waals surface area (Å²) in [5, 5.41) is 3.86. The number of benzene rings is 1. The number of amides is 2. The fraction of sp³-hybridized carbons (Fsp3) is 0.286. The minimum absolute atomic E-state index is 0.0294. The lowest BCUT2D eigenvalue weighted by Gasteiger charge is -2.34. The summed E-state index contributed by atoms with van der Waals surface area (Å²) in [5.41, 5.74) is 2.24. The zero-order valence-corrected chi connectivity index (χ0v) is 18.2. The second-order valence-electron chi connectivity index (χ2n) is 6.94. The Morgan fingerprint density at radius 1 is 1.07 bits per heavy atom. The molecule has 1 aromatic carbocycles. The molecule has 4 rings (SSSR count). The molecule has 1 aliphatic rings. The first-order valence-electron chi connectivity index (χ1n) is 9.46. The molecule has 1 aliphatic heterocycles. The average molecular weight is 473 g/mol. The Bertz CT molecular complexity index is 1020. The monoisotopic (exact) mass is 472 g/mol. The predicted molar refractivity (Wildman–Crippen MR) is 118 cm³/mol. The Balaban J connectivity index is 1.27. The number of hydrogen-bond donors (Lipinski definition) is 1. The van der Waals surface area contributed by atoms with E-state index in [0.717, 1.165) is 34.3 Å². The lowest BCUT2D eigenvalue weighted by atomic mass is 10.1. The first-order chi connectivity index (χ1) is 14.1. The molecule has 0 saturated carbocycles. The third kappa shape index (κ3) is 4.83. The number of carbonyl (C=O) groups excluding carboxylic acids is 2. The van der Waals surface area contributed by atoms with Crippen LogP contribution in [-0.2, 0) is 11.3 Å². The van der Waals surface area contributed by atoms with Crippen molar-refractivity contribution < 1.29 is 9.59 Å². The van der Waals surface area contributed by atoms with E-state index in [4.69, 9.17) is 0 Å². The fourth-order valence-corrected chi connectivity index (χ4v) is 4.78. The summed E-state index contributed by atoms with van der Waals surface area (Å²) in [7, 11) is 0. The van der Waals surface area contributed by atoms with Crippen molar-refractivity contribution in [2.45, 2.75) is 6.54 Å². The van der Waals surface area contributed by atoms with Crippen LogP contribution in [0.15, 0.2) is 52.4 Å². The maximum atomic E-state index is 12.5. The minimum Gasteiger partial charge on any atom is -0.342 e. The van der Waals surface area contributed by atoms with Crippen molar-refractivity contribution >= 4 is 50.0 Å². The van der Waals surface area contributed by atoms with Crippen molar-refractivity contribution in [3.05, 3.63) is 62.9 Å². The lowest BCUT2D eigenvalue weighted by Crippen LogP contribution is -2.50. The third-order valence-electron chi connectivity index (χ3n) is 5.03. The van der Waals surface area contributed by atoms with Gasteiger partial charge in [-0.3, -0.25) is 19.5 Å². The van der Waals surface area contributed by atoms with Gasteiger partial charge in [0.1, 0.15) is 0 Å². The molecule has 150 valence electrons. The number of nitrogens with one attached hydrogen (secondary N) is 1. The molecule has 0 atom stereocenters. The first-order valence-corrected chi connectivity index (χ1v) is 11.1. The van der Waals surface area contributed by atoms with Gasteiger partial charge in [0.15, 0.2) is 0 Å². The van der Waals surface area contributed by atoms with E-state index in [1.54, 1.807) is 6.07 Å². The van der Waals surface area contributed by atoms with Crippen LogP contribution in [0.1, 0.15) is 15.2 Å². The molecule has 0 aliphatic carbocycles. The van der Waals surface area contributed by atoms with Crippen molar-refractivity contribution in [2.75, 3.05) is 32.7 Å². The number of nitrogens with zero attached hydrogens (tertiary/aromatic N) is 3. The van der Waals surface area contributed by atoms with Crippen LogP contribution in [0.4, 0.5) is 0 Å². The van der Waals surface area contributed by atoms with Crippen LogP contribution in [0.25, 0.3) is 10.9 Å². The molecule has 0 spiro atoms. The fourth-order valence-electron chi connectivity index (χ4n) is 3.48. The van der Waals surface area contributed by atoms with Crippen LogP contribution in [0.2, 0.25) is 0 Å². The lowest BCUT2D eigenvalue weighted by molar-refractivity contribution is -0.131. The Kier molecular flexibility index (Phi) is 6.22. The largest absolute Gasteiger partial charge is 0.342 e. The van der Waals surface area contributed by atoms with Gasteiger partial charge in [-0.1, -0.05) is 24.3 Å². The highest BCUT2D eigenvalue weighted by atomic mass is 79.9. The SMILES string of the molecule is O=C(NCC(=O)N1CCN(Cc2cccc3cccnc23)CC1)c1ccc(Br)s1. The van der Waals surface area contributed by atoms with Gasteiger partial charge in [-0.15, -0.1) is 11.3 Å². The van der Waals surface area contributed by atoms with Gasteiger partial charge in [0.25, 0.3) is 5.91 Å². The molecule has 2 amide bonds. The summed E-state index contributed by atoms with van der Waals surface area (Å²) in [6.45, 7) is 3.79. The smallest absolute Gasteiger partial charge is 0.261 e. The molecule has 1 N–H and O–H groups in total. The van der Waals surface area contributed by atoms with Crippen LogP contribution in [0, 0.1) is 0 Å². The third-order valence-corrected chi connectivity index (χ3v) is 6.65. The van der Waals surface area contributed by atoms with Crippen LogP contribution in [0.3, 0.4) is 0 Å². The van der Waals surface area contributed by atoms with Gasteiger partial charge in [-0.05, 0) is 39.7 Å². The quantitative estimate of drug-likeness (QED) is 0.619. The molecule has 6 nitrogen and oxygen atoms in total. The van der Waals surface area contributed by atoms with Crippen LogP contribution in [-0.4, -0.2) is 59.3 Å². The molecule has 29 heavy (non-hydrogen) atoms. The normalized spacial score (nSPS) is 14.9. The van der Waals surface area contributed by atoms with Crippen molar-refractivity contribution in [3.8, 4) is 0 Å². The molecule has 8 heteroatoms. The van der Waals surface area contributed by atoms with Crippen molar-refractivity contribution in [3.63, 3.8) is 0 Å². The van der Waals surface area contributed by atoms with Gasteiger partial charge in [0, 0.05) is 44.3 Å². The highest BCUT2D eigenvalue weighted by Gasteiger charge is 2.22. The molecule has 0 bridgehead atoms. The summed E-state index contributed by atoms with van der Waals surface area (Å²) in [6, 6.07) is 13.9. The van der Waals surface area contributed by atoms with E-state index in [2.05, 4.69) is 55.4 Å². The first kappa shape index (κ1) is 20.0. The van der Waals surface area contributed by atoms with E-state index in [-0.39, 0.29) is 18.4 Å². The standard InChI is InChI=1S/C21H21BrN4O2S/c22-18-7-6-17(29-18)21(28)24-13-19(27)26-11-9-25(10-12-26)14-16-4-1-3-15-5-2-8-23-20(15)16/h1-8H,9-14H2,(H,24,28). The van der Waals surface area contributed by atoms with E-state index >= 15 is 0 Å². The van der Waals surface area contributed by atoms with Crippen LogP contribution >= 0.6 is 27.3 Å². The number of carbonyl (C=O) groups is 2. The summed E-state index contributed by atoms with van der Waals surface area (Å²) >= 11 is 4.69. The number of hydrogen-bond acceptors (Lipinski definition) is 5. The minimum atomic E-state index is -0.212. The van der Waals surface area contributed by atoms with Gasteiger partial charge in [0.05, 0.1) is 20.7 Å². The molecule has 3 heterocycles. The molecular weight excluding hydrogens is 452 g/mol. The van der Waals surface area contributed by atoms with E-state index in [9.17, 15) is 9.59 Å². The molecule has 3 aromatic rings. The topological polar surface area (TPSA) is 65.5 Å². The van der Waals surface area contributed by atoms with Gasteiger partial charge in [0.2, 0.25) is 5.91 Å². The van der Waals surface area contributed by atoms with Gasteiger partial charge >= 0.3 is 0 Å². The van der Waals surface area contributed by atoms with Gasteiger partial charge < -0.3 is 10.2 Å². The van der Waals surface area contributed by atoms with Gasteiger partial charge in [-0.25, -0.2) is 0 Å². The van der Waals surface area contributed by atoms with E-state index < -0.39 is 0 Å². The molecule has 1 saturated heterocycles. The number of thiophene rings is 1. The van der Waals surface area contributed by atoms with Crippen molar-refractivity contribution in [1.29, 1.82) is 0 Å². The number of rotatable bonds is 5. The summed E-state index contributed by atoms with van der Waals surface area (Å²) < 4.78 is 0.895. The number of piperazine rings is 1. The Morgan fingerprint density at radius 3 is 2.62 bits per heavy atom. The Labute approximate surface area is 181 Å². The molecular formula is C21H21BrN4O2S. The van der Waals surface area contributed by atoms with Crippen molar-refractivity contribution in [2.24, 2.45) is 0 Å². The highest BCUT2D eigenvalue weighted by molar-refractivity contribution is 9.11. The molecule has 2 aromatic heterocycles. The second kappa shape index (κ2) is 9.02. The van der Waals surface area contributed by atoms with E-state index in [1.165, 1.54) is 16.9 Å². The number of halogens is 1. The number of pyridine rings is 1. The van der Waals surface area contributed by atoms with Crippen LogP contribution < -0.4 is 5.32 Å². The van der Waals surface area contributed by atoms with Crippen LogP contribution in [0.5, 0.6) is 0 Å². The highest BCUT2D eigenvalue weighted by Crippen LogP contribution is 2.22. The van der Waals surface area contributed by atoms with Gasteiger partial charge in [-0.2, -0.15) is 0 Å². The number of para-hydroxylation sites is 1. The zero-order valence-electron chi connectivity index (χ0n) is 15.8. The number of aromatic nitrogens is 1. The van der Waals surface area contributed by atoms with Crippen molar-refractivity contribution in [1.82, 2.24) is 20.1 Å². The summed E-state index contributed by atoms with van der Waals surface area (Å²) in [5.74, 6) is -0.253. The molecule has 0 unspecified atom stereocenters. The predicted octanol–water partition coefficient (Wildman–Crippen LogP) is 3.13. The van der Waals surface area contributed by atoms with E-state index in [1.807, 2.05) is 23.2 Å². The maximum Gasteiger partial charge on any atom is 0.261 e. The summed E-state index contributed by atoms with van der Waals surface area (Å²) in [6.07, 6.45) is 1.83. The maximum absolute atomic E-state index is 12.5. The molecule has 1 fully saturated rings. The molecule has 0 radical (unpaired) electrons. The summed E-state index contributed by atoms with van der Waals surface area (Å²) in [4.78, 5) is 33.8. The number of fused-ring (bicyclic) bond motifs is 1. The Morgan fingerprint density at radius 2 is 1.86 bits per heavy atom. The second-order valence-corrected chi connectivity index (χ2v) is 9.40. The zero-order chi connectivity index (χ0) is 20.2. The van der Waals surface area contributed by atoms with E-state index in [0.29, 0.717) is 18.0 Å².